The van der Waals surface area contributed by atoms with Crippen LogP contribution in [0.3, 0.4) is 0 Å². The van der Waals surface area contributed by atoms with Crippen LogP contribution in [0.4, 0.5) is 0 Å². The van der Waals surface area contributed by atoms with Gasteiger partial charge in [0.1, 0.15) is 6.04 Å². The average Bonchev–Trinajstić information content (AvgIpc) is 3.56. The molecular weight excluding hydrogens is 440 g/mol. The van der Waals surface area contributed by atoms with Gasteiger partial charge in [-0.2, -0.15) is 0 Å². The van der Waals surface area contributed by atoms with Gasteiger partial charge in [0.2, 0.25) is 5.91 Å². The summed E-state index contributed by atoms with van der Waals surface area (Å²) >= 11 is 1.62. The predicted octanol–water partition coefficient (Wildman–Crippen LogP) is 6.32. The summed E-state index contributed by atoms with van der Waals surface area (Å²) in [5, 5.41) is 7.36. The Morgan fingerprint density at radius 3 is 2.53 bits per heavy atom. The van der Waals surface area contributed by atoms with Crippen molar-refractivity contribution in [2.24, 2.45) is 0 Å². The van der Waals surface area contributed by atoms with Gasteiger partial charge in [-0.25, -0.2) is 0 Å². The van der Waals surface area contributed by atoms with E-state index in [2.05, 4.69) is 22.8 Å². The van der Waals surface area contributed by atoms with Crippen LogP contribution in [0.2, 0.25) is 0 Å². The highest BCUT2D eigenvalue weighted by molar-refractivity contribution is 7.14. The van der Waals surface area contributed by atoms with E-state index in [1.807, 2.05) is 65.6 Å². The topological polar surface area (TPSA) is 49.4 Å². The van der Waals surface area contributed by atoms with Crippen molar-refractivity contribution in [2.45, 2.75) is 44.3 Å². The van der Waals surface area contributed by atoms with E-state index in [-0.39, 0.29) is 17.9 Å². The van der Waals surface area contributed by atoms with Crippen molar-refractivity contribution in [1.82, 2.24) is 10.2 Å². The van der Waals surface area contributed by atoms with Crippen LogP contribution in [0.25, 0.3) is 21.2 Å². The first-order chi connectivity index (χ1) is 16.7. The van der Waals surface area contributed by atoms with Crippen molar-refractivity contribution < 1.29 is 9.59 Å². The molecule has 1 atom stereocenters. The smallest absolute Gasteiger partial charge is 0.255 e. The first-order valence-electron chi connectivity index (χ1n) is 12.0. The molecule has 0 radical (unpaired) electrons. The molecule has 1 aliphatic heterocycles. The van der Waals surface area contributed by atoms with Crippen LogP contribution in [-0.4, -0.2) is 22.8 Å². The minimum Gasteiger partial charge on any atom is -0.350 e. The van der Waals surface area contributed by atoms with E-state index < -0.39 is 6.04 Å². The van der Waals surface area contributed by atoms with Gasteiger partial charge >= 0.3 is 0 Å². The molecule has 2 heterocycles. The summed E-state index contributed by atoms with van der Waals surface area (Å²) in [6.45, 7) is 0.443. The van der Waals surface area contributed by atoms with E-state index in [1.54, 1.807) is 11.3 Å². The third-order valence-corrected chi connectivity index (χ3v) is 8.11. The second-order valence-electron chi connectivity index (χ2n) is 9.17. The van der Waals surface area contributed by atoms with Gasteiger partial charge in [-0.1, -0.05) is 73.5 Å². The number of carbonyl (C=O) groups is 2. The number of thiophene rings is 1. The molecular formula is C29H26N2O2S. The van der Waals surface area contributed by atoms with E-state index in [4.69, 9.17) is 0 Å². The van der Waals surface area contributed by atoms with Gasteiger partial charge in [0.15, 0.2) is 0 Å². The first-order valence-corrected chi connectivity index (χ1v) is 12.8. The van der Waals surface area contributed by atoms with Crippen LogP contribution >= 0.6 is 11.3 Å². The van der Waals surface area contributed by atoms with Crippen molar-refractivity contribution in [3.8, 4) is 10.4 Å². The molecule has 4 nitrogen and oxygen atoms in total. The maximum atomic E-state index is 14.2. The molecule has 6 rings (SSSR count). The standard InChI is InChI=1S/C29H26N2O2S/c32-28(30-18-19-8-2-1-3-9-19)26-24-16-17-34-27(24)25-22-13-7-4-10-20(22)14-15-23(25)29(33)31(26)21-11-5-6-12-21/h1-4,7-10,13-17,21,26H,5-6,11-12,18H2,(H,30,32). The summed E-state index contributed by atoms with van der Waals surface area (Å²) in [6.07, 6.45) is 4.06. The molecule has 0 saturated heterocycles. The summed E-state index contributed by atoms with van der Waals surface area (Å²) in [5.74, 6) is -0.142. The second kappa shape index (κ2) is 8.73. The average molecular weight is 467 g/mol. The Kier molecular flexibility index (Phi) is 5.42. The highest BCUT2D eigenvalue weighted by Gasteiger charge is 2.42. The van der Waals surface area contributed by atoms with Crippen LogP contribution < -0.4 is 5.32 Å². The van der Waals surface area contributed by atoms with Crippen LogP contribution in [0, 0.1) is 0 Å². The highest BCUT2D eigenvalue weighted by Crippen LogP contribution is 2.46. The van der Waals surface area contributed by atoms with E-state index in [1.165, 1.54) is 0 Å². The van der Waals surface area contributed by atoms with Crippen molar-refractivity contribution in [2.75, 3.05) is 0 Å². The van der Waals surface area contributed by atoms with Crippen LogP contribution in [0.1, 0.15) is 53.2 Å². The SMILES string of the molecule is O=C(NCc1ccccc1)C1c2ccsc2-c2c(ccc3ccccc23)C(=O)N1C1CCCC1. The third kappa shape index (κ3) is 3.51. The molecule has 1 aliphatic carbocycles. The summed E-state index contributed by atoms with van der Waals surface area (Å²) in [4.78, 5) is 30.9. The Bertz CT molecular complexity index is 1370. The van der Waals surface area contributed by atoms with Gasteiger partial charge in [-0.15, -0.1) is 11.3 Å². The number of carbonyl (C=O) groups excluding carboxylic acids is 2. The van der Waals surface area contributed by atoms with Crippen molar-refractivity contribution >= 4 is 33.9 Å². The fourth-order valence-electron chi connectivity index (χ4n) is 5.55. The second-order valence-corrected chi connectivity index (χ2v) is 10.1. The summed E-state index contributed by atoms with van der Waals surface area (Å²) < 4.78 is 0. The minimum absolute atomic E-state index is 0.0316. The molecule has 170 valence electrons. The Labute approximate surface area is 203 Å². The number of fused-ring (bicyclic) bond motifs is 5. The summed E-state index contributed by atoms with van der Waals surface area (Å²) in [6, 6.07) is 23.6. The van der Waals surface area contributed by atoms with Gasteiger partial charge in [0.05, 0.1) is 0 Å². The van der Waals surface area contributed by atoms with E-state index in [0.29, 0.717) is 12.1 Å². The molecule has 5 heteroatoms. The summed E-state index contributed by atoms with van der Waals surface area (Å²) in [7, 11) is 0. The lowest BCUT2D eigenvalue weighted by Crippen LogP contribution is -2.47. The molecule has 4 aromatic rings. The van der Waals surface area contributed by atoms with Crippen LogP contribution in [-0.2, 0) is 11.3 Å². The predicted molar refractivity (Wildman–Crippen MR) is 137 cm³/mol. The molecule has 3 aromatic carbocycles. The largest absolute Gasteiger partial charge is 0.350 e. The van der Waals surface area contributed by atoms with Crippen LogP contribution in [0.15, 0.2) is 78.2 Å². The number of benzene rings is 3. The molecule has 1 fully saturated rings. The van der Waals surface area contributed by atoms with Crippen molar-refractivity contribution in [3.05, 3.63) is 94.9 Å². The molecule has 2 aliphatic rings. The number of nitrogens with zero attached hydrogens (tertiary/aromatic N) is 1. The molecule has 0 spiro atoms. The highest BCUT2D eigenvalue weighted by atomic mass is 32.1. The number of rotatable bonds is 4. The molecule has 34 heavy (non-hydrogen) atoms. The quantitative estimate of drug-likeness (QED) is 0.382. The van der Waals surface area contributed by atoms with Gasteiger partial charge in [-0.05, 0) is 46.7 Å². The normalized spacial score (nSPS) is 17.9. The minimum atomic E-state index is -0.633. The van der Waals surface area contributed by atoms with Crippen molar-refractivity contribution in [3.63, 3.8) is 0 Å². The van der Waals surface area contributed by atoms with Gasteiger partial charge in [-0.3, -0.25) is 9.59 Å². The maximum Gasteiger partial charge on any atom is 0.255 e. The van der Waals surface area contributed by atoms with Gasteiger partial charge in [0.25, 0.3) is 5.91 Å². The first kappa shape index (κ1) is 21.1. The lowest BCUT2D eigenvalue weighted by Gasteiger charge is -2.35. The van der Waals surface area contributed by atoms with Crippen LogP contribution in [0.5, 0.6) is 0 Å². The van der Waals surface area contributed by atoms with Gasteiger partial charge in [0, 0.05) is 34.2 Å². The monoisotopic (exact) mass is 466 g/mol. The molecule has 0 bridgehead atoms. The Balaban J connectivity index is 1.49. The lowest BCUT2D eigenvalue weighted by molar-refractivity contribution is -0.126. The summed E-state index contributed by atoms with van der Waals surface area (Å²) in [5.41, 5.74) is 3.65. The Morgan fingerprint density at radius 1 is 0.941 bits per heavy atom. The third-order valence-electron chi connectivity index (χ3n) is 7.17. The Morgan fingerprint density at radius 2 is 1.71 bits per heavy atom. The van der Waals surface area contributed by atoms with Crippen molar-refractivity contribution in [1.29, 1.82) is 0 Å². The number of nitrogens with one attached hydrogen (secondary N) is 1. The van der Waals surface area contributed by atoms with E-state index >= 15 is 0 Å². The molecule has 1 N–H and O–H groups in total. The van der Waals surface area contributed by atoms with Gasteiger partial charge < -0.3 is 10.2 Å². The molecule has 1 saturated carbocycles. The van der Waals surface area contributed by atoms with E-state index in [0.717, 1.165) is 58.0 Å². The lowest BCUT2D eigenvalue weighted by atomic mass is 9.96. The number of amides is 2. The fraction of sp³-hybridized carbons (Fsp3) is 0.241. The number of hydrogen-bond acceptors (Lipinski definition) is 3. The molecule has 2 amide bonds. The Hall–Kier alpha value is -3.44. The maximum absolute atomic E-state index is 14.2. The fourth-order valence-corrected chi connectivity index (χ4v) is 6.55. The molecule has 1 aromatic heterocycles. The zero-order chi connectivity index (χ0) is 23.1. The molecule has 1 unspecified atom stereocenters. The number of hydrogen-bond donors (Lipinski definition) is 1. The van der Waals surface area contributed by atoms with E-state index in [9.17, 15) is 9.59 Å². The zero-order valence-corrected chi connectivity index (χ0v) is 19.7. The zero-order valence-electron chi connectivity index (χ0n) is 18.9.